The monoisotopic (exact) mass is 1520 g/mol. The first-order valence-electron chi connectivity index (χ1n) is 36.2. The minimum Gasteiger partial charge on any atom is -0.459 e. The minimum absolute atomic E-state index is 0. The first kappa shape index (κ1) is 79.8. The van der Waals surface area contributed by atoms with E-state index in [2.05, 4.69) is 0 Å². The third kappa shape index (κ3) is 16.5. The molecule has 16 rings (SSSR count). The van der Waals surface area contributed by atoms with Crippen LogP contribution in [0.2, 0.25) is 0 Å². The molecule has 0 N–H and O–H groups in total. The Morgan fingerprint density at radius 3 is 1.17 bits per heavy atom. The average Bonchev–Trinajstić information content (AvgIpc) is 0.832. The number of aryl methyl sites for hydroxylation is 1. The molecule has 3 aliphatic heterocycles. The number of pyridine rings is 3. The lowest BCUT2D eigenvalue weighted by Crippen LogP contribution is -2.49. The van der Waals surface area contributed by atoms with Crippen LogP contribution >= 0.6 is 0 Å². The Morgan fingerprint density at radius 1 is 0.393 bits per heavy atom. The molecule has 4 fully saturated rings. The maximum absolute atomic E-state index is 13.7. The molecule has 3 saturated heterocycles. The number of fused-ring (bicyclic) bond motifs is 4. The zero-order chi connectivity index (χ0) is 75.8. The van der Waals surface area contributed by atoms with Crippen molar-refractivity contribution in [3.8, 4) is 0 Å². The second-order valence-electron chi connectivity index (χ2n) is 27.2. The number of Topliss-reactive ketones (excluding diaryl/α,β-unsaturated/α-hetero) is 1. The van der Waals surface area contributed by atoms with Gasteiger partial charge in [0.25, 0.3) is 17.7 Å². The van der Waals surface area contributed by atoms with Crippen LogP contribution in [-0.2, 0) is 19.6 Å². The minimum atomic E-state index is -0.841. The van der Waals surface area contributed by atoms with Crippen molar-refractivity contribution >= 4 is 101 Å². The molecule has 112 heavy (non-hydrogen) atoms. The molecule has 28 nitrogen and oxygen atoms in total. The smallest absolute Gasteiger partial charge is 0.357 e. The van der Waals surface area contributed by atoms with E-state index in [1.807, 2.05) is 101 Å². The molecule has 6 aromatic heterocycles. The van der Waals surface area contributed by atoms with Crippen molar-refractivity contribution in [1.82, 2.24) is 28.4 Å². The second-order valence-corrected chi connectivity index (χ2v) is 27.2. The Labute approximate surface area is 643 Å². The van der Waals surface area contributed by atoms with E-state index in [1.54, 1.807) is 115 Å². The number of para-hydroxylation sites is 3. The van der Waals surface area contributed by atoms with Gasteiger partial charge < -0.3 is 47.2 Å². The normalized spacial score (nSPS) is 14.4. The fourth-order valence-corrected chi connectivity index (χ4v) is 15.3. The van der Waals surface area contributed by atoms with E-state index in [1.165, 1.54) is 47.2 Å². The number of carbonyl (C=O) groups excluding carboxylic acids is 4. The van der Waals surface area contributed by atoms with Crippen LogP contribution < -0.4 is 31.4 Å². The molecule has 12 aromatic rings. The van der Waals surface area contributed by atoms with E-state index in [0.29, 0.717) is 135 Å². The van der Waals surface area contributed by atoms with Gasteiger partial charge in [0, 0.05) is 107 Å². The van der Waals surface area contributed by atoms with Gasteiger partial charge in [0.2, 0.25) is 0 Å². The summed E-state index contributed by atoms with van der Waals surface area (Å²) in [6.45, 7) is 4.53. The number of hydrogen-bond acceptors (Lipinski definition) is 19. The Balaban J connectivity index is 0.000000164. The summed E-state index contributed by atoms with van der Waals surface area (Å²) in [7, 11) is 0. The molecule has 28 heteroatoms. The summed E-state index contributed by atoms with van der Waals surface area (Å²) < 4.78 is 19.9. The maximum Gasteiger partial charge on any atom is 0.357 e. The zero-order valence-corrected chi connectivity index (χ0v) is 59.4. The van der Waals surface area contributed by atoms with Gasteiger partial charge in [-0.2, -0.15) is 0 Å². The SMILES string of the molecule is C.C.C.O=C(Cn1c(=O)c([N+](=O)[O-])c(N2CCN(C(=O)c3ccco3)CC2)c2ccccc21)c1ccccc1.O=C(c1ccco1)N1CCN(c2c([N+](=O)[O-])c(=O)n(CCC3CCCCC3)c3ccccc23)CC1.O=C(c1ccco1)N1CCN(c2c([N+](=O)[O-])c(=O)n(Cc3ccc4ccccc4c3)c3ccccc23)CC1. The number of anilines is 3. The number of rotatable bonds is 17. The highest BCUT2D eigenvalue weighted by atomic mass is 16.6. The number of furan rings is 3. The number of ketones is 1. The Hall–Kier alpha value is -13.3. The zero-order valence-electron chi connectivity index (χ0n) is 59.4. The maximum atomic E-state index is 13.7. The number of piperazine rings is 3. The molecule has 0 bridgehead atoms. The fraction of sp³-hybridized carbons (Fsp3) is 0.298. The predicted molar refractivity (Wildman–Crippen MR) is 430 cm³/mol. The first-order chi connectivity index (χ1) is 53.0. The summed E-state index contributed by atoms with van der Waals surface area (Å²) in [5, 5.41) is 40.6. The molecule has 0 spiro atoms. The average molecular weight is 1520 g/mol. The van der Waals surface area contributed by atoms with Crippen LogP contribution in [-0.4, -0.2) is 145 Å². The van der Waals surface area contributed by atoms with Crippen LogP contribution in [0.15, 0.2) is 228 Å². The quantitative estimate of drug-likeness (QED) is 0.0464. The number of hydrogen-bond donors (Lipinski definition) is 0. The molecule has 3 amide bonds. The highest BCUT2D eigenvalue weighted by molar-refractivity contribution is 6.02. The predicted octanol–water partition coefficient (Wildman–Crippen LogP) is 14.4. The lowest BCUT2D eigenvalue weighted by Gasteiger charge is -2.36. The van der Waals surface area contributed by atoms with E-state index in [-0.39, 0.29) is 87.5 Å². The number of carbonyl (C=O) groups is 4. The largest absolute Gasteiger partial charge is 0.459 e. The summed E-state index contributed by atoms with van der Waals surface area (Å²) >= 11 is 0. The second kappa shape index (κ2) is 35.4. The fourth-order valence-electron chi connectivity index (χ4n) is 15.3. The Bertz CT molecular complexity index is 5590. The van der Waals surface area contributed by atoms with Gasteiger partial charge in [0.15, 0.2) is 23.1 Å². The van der Waals surface area contributed by atoms with Crippen molar-refractivity contribution in [3.63, 3.8) is 0 Å². The van der Waals surface area contributed by atoms with Gasteiger partial charge in [-0.25, -0.2) is 0 Å². The van der Waals surface area contributed by atoms with Gasteiger partial charge in [0.05, 0.1) is 63.2 Å². The van der Waals surface area contributed by atoms with Crippen LogP contribution in [0.4, 0.5) is 34.1 Å². The number of aromatic nitrogens is 3. The highest BCUT2D eigenvalue weighted by Gasteiger charge is 2.37. The van der Waals surface area contributed by atoms with Crippen LogP contribution in [0.5, 0.6) is 0 Å². The summed E-state index contributed by atoms with van der Waals surface area (Å²) in [4.78, 5) is 137. The highest BCUT2D eigenvalue weighted by Crippen LogP contribution is 2.39. The number of nitro groups is 3. The van der Waals surface area contributed by atoms with Gasteiger partial charge in [-0.15, -0.1) is 0 Å². The van der Waals surface area contributed by atoms with Gasteiger partial charge in [-0.3, -0.25) is 73.0 Å². The third-order valence-corrected chi connectivity index (χ3v) is 20.8. The Kier molecular flexibility index (Phi) is 25.2. The number of amides is 3. The van der Waals surface area contributed by atoms with Gasteiger partial charge >= 0.3 is 33.7 Å². The third-order valence-electron chi connectivity index (χ3n) is 20.8. The molecule has 580 valence electrons. The van der Waals surface area contributed by atoms with Crippen molar-refractivity contribution in [2.24, 2.45) is 5.92 Å². The van der Waals surface area contributed by atoms with Crippen molar-refractivity contribution in [2.75, 3.05) is 93.2 Å². The van der Waals surface area contributed by atoms with Crippen LogP contribution in [0.3, 0.4) is 0 Å². The summed E-state index contributed by atoms with van der Waals surface area (Å²) in [5.74, 6) is 0.316. The van der Waals surface area contributed by atoms with Crippen molar-refractivity contribution in [1.29, 1.82) is 0 Å². The van der Waals surface area contributed by atoms with Crippen molar-refractivity contribution in [2.45, 2.75) is 80.4 Å². The van der Waals surface area contributed by atoms with Crippen molar-refractivity contribution < 1.29 is 47.2 Å². The van der Waals surface area contributed by atoms with E-state index < -0.39 is 42.8 Å². The van der Waals surface area contributed by atoms with Crippen molar-refractivity contribution in [3.05, 3.63) is 291 Å². The first-order valence-corrected chi connectivity index (χ1v) is 36.2. The molecule has 9 heterocycles. The van der Waals surface area contributed by atoms with E-state index >= 15 is 0 Å². The van der Waals surface area contributed by atoms with E-state index in [9.17, 15) is 63.9 Å². The number of nitrogens with zero attached hydrogens (tertiary/aromatic N) is 12. The van der Waals surface area contributed by atoms with Gasteiger partial charge in [0.1, 0.15) is 17.1 Å². The van der Waals surface area contributed by atoms with E-state index in [0.717, 1.165) is 41.1 Å². The summed E-state index contributed by atoms with van der Waals surface area (Å²) in [5.41, 5.74) is 0.491. The molecule has 0 radical (unpaired) electrons. The lowest BCUT2D eigenvalue weighted by molar-refractivity contribution is -0.385. The topological polar surface area (TPSA) is 323 Å². The molecule has 4 aliphatic rings. The molecular formula is C84H88N12O16. The summed E-state index contributed by atoms with van der Waals surface area (Å²) in [6.07, 6.45) is 11.2. The molecule has 0 atom stereocenters. The lowest BCUT2D eigenvalue weighted by atomic mass is 9.87. The van der Waals surface area contributed by atoms with Crippen LogP contribution in [0, 0.1) is 36.3 Å². The van der Waals surface area contributed by atoms with Gasteiger partial charge in [-0.05, 0) is 89.3 Å². The molecule has 1 saturated carbocycles. The molecule has 1 aliphatic carbocycles. The number of benzene rings is 6. The van der Waals surface area contributed by atoms with Crippen LogP contribution in [0.25, 0.3) is 43.5 Å². The molecule has 6 aromatic carbocycles. The standard InChI is InChI=1S/C29H24N4O5.C26H22N4O6.C26H30N4O5.3CH4/c34-28(25-10-5-17-38-25)31-15-13-30(14-16-31)26-23-8-3-4-9-24(23)32(29(35)27(26)33(36)37)19-20-11-12-21-6-1-2-7-22(21)18-20;31-21(18-7-2-1-3-8-18)17-29-20-10-5-4-9-19(20)23(24(26(29)33)30(34)35)27-12-14-28(15-13-27)25(32)22-11-6-16-36-22;31-25(22-11-6-18-35-22)28-16-14-27(15-17-28)23-20-9-4-5-10-21(20)29(26(32)24(23)30(33)34)13-12-19-7-2-1-3-8-19;;;/h1-12,17-18H,13-16,19H2;1-11,16H,12-15,17H2;4-6,9-11,18-19H,1-3,7-8,12-17H2;3*1H4. The van der Waals surface area contributed by atoms with E-state index in [4.69, 9.17) is 13.3 Å². The van der Waals surface area contributed by atoms with Crippen LogP contribution in [0.1, 0.15) is 108 Å². The molecular weight excluding hydrogens is 1430 g/mol. The summed E-state index contributed by atoms with van der Waals surface area (Å²) in [6, 6.07) is 53.7. The molecule has 0 unspecified atom stereocenters. The Morgan fingerprint density at radius 2 is 0.759 bits per heavy atom. The van der Waals surface area contributed by atoms with Gasteiger partial charge in [-0.1, -0.05) is 176 Å².